The molecule has 0 aromatic heterocycles. The quantitative estimate of drug-likeness (QED) is 0.467. The molecule has 4 rings (SSSR count). The predicted octanol–water partition coefficient (Wildman–Crippen LogP) is 2.02. The average molecular weight is 371 g/mol. The van der Waals surface area contributed by atoms with Gasteiger partial charge in [0.15, 0.2) is 11.3 Å². The van der Waals surface area contributed by atoms with Crippen molar-refractivity contribution >= 4 is 21.8 Å². The lowest BCUT2D eigenvalue weighted by atomic mass is 9.90. The molecule has 2 heterocycles. The van der Waals surface area contributed by atoms with Crippen molar-refractivity contribution in [3.8, 4) is 0 Å². The van der Waals surface area contributed by atoms with Gasteiger partial charge in [-0.05, 0) is 19.9 Å². The number of Topliss-reactive ketones (excluding diaryl/α,β-unsaturated/α-hetero) is 1. The van der Waals surface area contributed by atoms with Crippen LogP contribution in [-0.2, 0) is 25.1 Å². The summed E-state index contributed by atoms with van der Waals surface area (Å²) >= 11 is 0. The third-order valence-corrected chi connectivity index (χ3v) is 6.81. The van der Waals surface area contributed by atoms with Gasteiger partial charge >= 0.3 is 5.97 Å². The molecule has 2 aliphatic heterocycles. The number of sulfonamides is 1. The molecule has 3 atom stereocenters. The summed E-state index contributed by atoms with van der Waals surface area (Å²) in [5.41, 5.74) is -0.101. The molecule has 1 unspecified atom stereocenters. The Labute approximate surface area is 151 Å². The van der Waals surface area contributed by atoms with Crippen molar-refractivity contribution in [2.45, 2.75) is 30.3 Å². The van der Waals surface area contributed by atoms with E-state index in [9.17, 15) is 18.0 Å². The first-order valence-electron chi connectivity index (χ1n) is 8.29. The maximum atomic E-state index is 13.0. The lowest BCUT2D eigenvalue weighted by Crippen LogP contribution is -2.30. The van der Waals surface area contributed by atoms with Crippen LogP contribution in [0.1, 0.15) is 28.4 Å². The number of benzene rings is 2. The molecule has 0 radical (unpaired) electrons. The van der Waals surface area contributed by atoms with Gasteiger partial charge in [0.2, 0.25) is 10.0 Å². The Morgan fingerprint density at radius 3 is 2.50 bits per heavy atom. The van der Waals surface area contributed by atoms with Gasteiger partial charge in [0.1, 0.15) is 6.04 Å². The third-order valence-electron chi connectivity index (χ3n) is 4.89. The van der Waals surface area contributed by atoms with Gasteiger partial charge in [-0.15, -0.1) is 0 Å². The number of ether oxygens (including phenoxy) is 1. The van der Waals surface area contributed by atoms with Crippen LogP contribution in [0.15, 0.2) is 53.4 Å². The maximum absolute atomic E-state index is 13.0. The zero-order valence-electron chi connectivity index (χ0n) is 14.3. The summed E-state index contributed by atoms with van der Waals surface area (Å²) in [6.07, 6.45) is 0. The van der Waals surface area contributed by atoms with Gasteiger partial charge in [-0.25, -0.2) is 13.2 Å². The largest absolute Gasteiger partial charge is 0.464 e. The molecule has 2 aliphatic rings. The number of nitrogens with zero attached hydrogens (tertiary/aromatic N) is 1. The van der Waals surface area contributed by atoms with Crippen LogP contribution in [0.5, 0.6) is 0 Å². The molecular weight excluding hydrogens is 354 g/mol. The van der Waals surface area contributed by atoms with Crippen LogP contribution in [-0.4, -0.2) is 37.1 Å². The van der Waals surface area contributed by atoms with E-state index in [4.69, 9.17) is 4.74 Å². The van der Waals surface area contributed by atoms with Gasteiger partial charge in [-0.2, -0.15) is 4.31 Å². The molecule has 0 spiro atoms. The molecule has 0 bridgehead atoms. The summed E-state index contributed by atoms with van der Waals surface area (Å²) in [5, 5.41) is 0. The van der Waals surface area contributed by atoms with Gasteiger partial charge < -0.3 is 4.74 Å². The second-order valence-corrected chi connectivity index (χ2v) is 8.20. The fourth-order valence-electron chi connectivity index (χ4n) is 3.75. The number of hydrogen-bond donors (Lipinski definition) is 0. The highest BCUT2D eigenvalue weighted by atomic mass is 32.2. The van der Waals surface area contributed by atoms with E-state index in [1.807, 2.05) is 6.92 Å². The van der Waals surface area contributed by atoms with E-state index in [0.717, 1.165) is 9.87 Å². The fraction of sp³-hybridized carbons (Fsp3) is 0.263. The van der Waals surface area contributed by atoms with Crippen molar-refractivity contribution < 1.29 is 22.7 Å². The molecule has 0 saturated carbocycles. The molecule has 2 aromatic carbocycles. The zero-order chi connectivity index (χ0) is 18.7. The SMILES string of the molecule is CCOC(=O)[C@@]12c3cc(C)ccc3S(=O)(=O)N1[C@H]2C(=O)c1ccccc1. The molecule has 2 aromatic rings. The lowest BCUT2D eigenvalue weighted by Gasteiger charge is -2.14. The number of aryl methyl sites for hydroxylation is 1. The van der Waals surface area contributed by atoms with Crippen molar-refractivity contribution in [3.05, 3.63) is 65.2 Å². The Bertz CT molecular complexity index is 1030. The fourth-order valence-corrected chi connectivity index (χ4v) is 5.82. The van der Waals surface area contributed by atoms with Gasteiger partial charge in [0, 0.05) is 11.1 Å². The smallest absolute Gasteiger partial charge is 0.334 e. The topological polar surface area (TPSA) is 80.5 Å². The number of carbonyl (C=O) groups excluding carboxylic acids is 2. The van der Waals surface area contributed by atoms with Crippen molar-refractivity contribution in [1.82, 2.24) is 4.31 Å². The van der Waals surface area contributed by atoms with Crippen molar-refractivity contribution in [3.63, 3.8) is 0 Å². The first kappa shape index (κ1) is 16.9. The summed E-state index contributed by atoms with van der Waals surface area (Å²) in [7, 11) is -3.94. The molecule has 0 N–H and O–H groups in total. The molecular formula is C19H17NO5S. The Morgan fingerprint density at radius 2 is 1.85 bits per heavy atom. The van der Waals surface area contributed by atoms with Crippen molar-refractivity contribution in [1.29, 1.82) is 0 Å². The zero-order valence-corrected chi connectivity index (χ0v) is 15.1. The second-order valence-electron chi connectivity index (χ2n) is 6.42. The average Bonchev–Trinajstić information content (AvgIpc) is 3.29. The van der Waals surface area contributed by atoms with Crippen LogP contribution in [0.2, 0.25) is 0 Å². The van der Waals surface area contributed by atoms with Gasteiger partial charge in [-0.1, -0.05) is 48.0 Å². The van der Waals surface area contributed by atoms with Crippen LogP contribution in [0.3, 0.4) is 0 Å². The van der Waals surface area contributed by atoms with E-state index in [2.05, 4.69) is 0 Å². The van der Waals surface area contributed by atoms with E-state index in [1.165, 1.54) is 6.07 Å². The van der Waals surface area contributed by atoms with Gasteiger partial charge in [0.25, 0.3) is 0 Å². The van der Waals surface area contributed by atoms with E-state index in [0.29, 0.717) is 11.1 Å². The lowest BCUT2D eigenvalue weighted by molar-refractivity contribution is -0.147. The number of hydrogen-bond acceptors (Lipinski definition) is 5. The van der Waals surface area contributed by atoms with Crippen LogP contribution < -0.4 is 0 Å². The molecule has 7 heteroatoms. The Balaban J connectivity index is 1.91. The number of rotatable bonds is 4. The minimum Gasteiger partial charge on any atom is -0.464 e. The monoisotopic (exact) mass is 371 g/mol. The summed E-state index contributed by atoms with van der Waals surface area (Å²) < 4.78 is 32.1. The first-order valence-corrected chi connectivity index (χ1v) is 9.73. The molecule has 134 valence electrons. The van der Waals surface area contributed by atoms with Crippen LogP contribution in [0.4, 0.5) is 0 Å². The molecule has 26 heavy (non-hydrogen) atoms. The number of ketones is 1. The predicted molar refractivity (Wildman–Crippen MR) is 93.1 cm³/mol. The van der Waals surface area contributed by atoms with Crippen LogP contribution >= 0.6 is 0 Å². The summed E-state index contributed by atoms with van der Waals surface area (Å²) in [6, 6.07) is 12.1. The third kappa shape index (κ3) is 1.98. The Morgan fingerprint density at radius 1 is 1.15 bits per heavy atom. The minimum absolute atomic E-state index is 0.0632. The molecule has 0 aliphatic carbocycles. The minimum atomic E-state index is -3.94. The maximum Gasteiger partial charge on any atom is 0.334 e. The highest BCUT2D eigenvalue weighted by Gasteiger charge is 2.82. The highest BCUT2D eigenvalue weighted by Crippen LogP contribution is 2.62. The summed E-state index contributed by atoms with van der Waals surface area (Å²) in [6.45, 7) is 3.56. The Kier molecular flexibility index (Phi) is 3.58. The van der Waals surface area contributed by atoms with Crippen molar-refractivity contribution in [2.75, 3.05) is 6.61 Å². The highest BCUT2D eigenvalue weighted by molar-refractivity contribution is 7.90. The molecule has 0 amide bonds. The van der Waals surface area contributed by atoms with E-state index < -0.39 is 33.4 Å². The van der Waals surface area contributed by atoms with Crippen LogP contribution in [0.25, 0.3) is 0 Å². The van der Waals surface area contributed by atoms with E-state index >= 15 is 0 Å². The number of esters is 1. The van der Waals surface area contributed by atoms with E-state index in [1.54, 1.807) is 49.4 Å². The summed E-state index contributed by atoms with van der Waals surface area (Å²) in [5.74, 6) is -1.11. The number of fused-ring (bicyclic) bond motifs is 3. The normalized spacial score (nSPS) is 27.3. The van der Waals surface area contributed by atoms with Crippen LogP contribution in [0, 0.1) is 6.92 Å². The summed E-state index contributed by atoms with van der Waals surface area (Å²) in [4.78, 5) is 25.9. The van der Waals surface area contributed by atoms with Crippen molar-refractivity contribution in [2.24, 2.45) is 0 Å². The van der Waals surface area contributed by atoms with E-state index in [-0.39, 0.29) is 11.5 Å². The number of carbonyl (C=O) groups is 2. The molecule has 1 fully saturated rings. The van der Waals surface area contributed by atoms with Gasteiger partial charge in [-0.3, -0.25) is 4.79 Å². The van der Waals surface area contributed by atoms with Gasteiger partial charge in [0.05, 0.1) is 11.5 Å². The Hall–Kier alpha value is -2.51. The second kappa shape index (κ2) is 5.49. The first-order chi connectivity index (χ1) is 12.4. The molecule has 1 saturated heterocycles. The molecule has 6 nitrogen and oxygen atoms in total. The standard InChI is InChI=1S/C19H17NO5S/c1-3-25-18(22)19-14-11-12(2)9-10-15(14)26(23,24)20(19)17(19)16(21)13-7-5-4-6-8-13/h4-11,17H,3H2,1-2H3/t17-,19-,20?/m0/s1.